The number of benzene rings is 1. The Bertz CT molecular complexity index is 615. The van der Waals surface area contributed by atoms with Gasteiger partial charge in [0.05, 0.1) is 5.56 Å². The molecule has 6 nitrogen and oxygen atoms in total. The van der Waals surface area contributed by atoms with E-state index in [4.69, 9.17) is 23.7 Å². The van der Waals surface area contributed by atoms with Crippen molar-refractivity contribution in [3.63, 3.8) is 0 Å². The number of hydrogen-bond acceptors (Lipinski definition) is 6. The third kappa shape index (κ3) is 2.37. The van der Waals surface area contributed by atoms with Gasteiger partial charge in [-0.15, -0.1) is 0 Å². The summed E-state index contributed by atoms with van der Waals surface area (Å²) < 4.78 is 28.8. The molecule has 1 aliphatic carbocycles. The predicted molar refractivity (Wildman–Crippen MR) is 78.7 cm³/mol. The lowest BCUT2D eigenvalue weighted by Gasteiger charge is -2.23. The summed E-state index contributed by atoms with van der Waals surface area (Å²) in [6.45, 7) is 3.72. The van der Waals surface area contributed by atoms with Gasteiger partial charge in [-0.2, -0.15) is 0 Å². The molecule has 5 atom stereocenters. The van der Waals surface area contributed by atoms with Crippen LogP contribution in [0.2, 0.25) is 0 Å². The zero-order valence-electron chi connectivity index (χ0n) is 13.4. The molecule has 3 fully saturated rings. The second-order valence-corrected chi connectivity index (χ2v) is 6.66. The summed E-state index contributed by atoms with van der Waals surface area (Å²) in [4.78, 5) is 12.2. The average molecular weight is 320 g/mol. The van der Waals surface area contributed by atoms with E-state index in [0.717, 1.165) is 0 Å². The van der Waals surface area contributed by atoms with Crippen LogP contribution in [0.25, 0.3) is 0 Å². The van der Waals surface area contributed by atoms with Gasteiger partial charge in [0.15, 0.2) is 12.1 Å². The van der Waals surface area contributed by atoms with Crippen LogP contribution in [-0.4, -0.2) is 49.1 Å². The smallest absolute Gasteiger partial charge is 0.338 e. The maximum atomic E-state index is 12.2. The van der Waals surface area contributed by atoms with E-state index < -0.39 is 17.7 Å². The van der Waals surface area contributed by atoms with Gasteiger partial charge in [-0.05, 0) is 26.0 Å². The Morgan fingerprint density at radius 3 is 2.61 bits per heavy atom. The summed E-state index contributed by atoms with van der Waals surface area (Å²) in [7, 11) is 1.57. The molecule has 1 unspecified atom stereocenters. The number of ether oxygens (including phenoxy) is 5. The van der Waals surface area contributed by atoms with Crippen LogP contribution >= 0.6 is 0 Å². The van der Waals surface area contributed by atoms with Gasteiger partial charge in [0.1, 0.15) is 23.9 Å². The van der Waals surface area contributed by atoms with Crippen molar-refractivity contribution in [3.8, 4) is 0 Å². The number of rotatable bonds is 3. The quantitative estimate of drug-likeness (QED) is 0.793. The van der Waals surface area contributed by atoms with Crippen LogP contribution in [-0.2, 0) is 23.7 Å². The van der Waals surface area contributed by atoms with Crippen molar-refractivity contribution >= 4 is 5.97 Å². The lowest BCUT2D eigenvalue weighted by Crippen LogP contribution is -2.35. The number of hydrogen-bond donors (Lipinski definition) is 0. The minimum atomic E-state index is -0.695. The zero-order chi connectivity index (χ0) is 16.2. The standard InChI is InChI=1S/C17H20O6/c1-16(2)21-12-13(22-16)17(23-15(12)19-3)9-11(17)20-14(18)10-7-5-4-6-8-10/h4-8,11-13,15H,9H2,1-3H3/t11-,12-,13?,15+,17-/m0/s1. The maximum absolute atomic E-state index is 12.2. The summed E-state index contributed by atoms with van der Waals surface area (Å²) in [6, 6.07) is 8.92. The Balaban J connectivity index is 1.49. The van der Waals surface area contributed by atoms with Crippen molar-refractivity contribution in [2.45, 2.75) is 56.3 Å². The van der Waals surface area contributed by atoms with Gasteiger partial charge in [0.2, 0.25) is 0 Å². The van der Waals surface area contributed by atoms with Gasteiger partial charge in [-0.1, -0.05) is 18.2 Å². The molecule has 6 heteroatoms. The van der Waals surface area contributed by atoms with E-state index in [9.17, 15) is 4.79 Å². The first-order chi connectivity index (χ1) is 11.0. The molecular formula is C17H20O6. The molecule has 124 valence electrons. The molecule has 3 aliphatic rings. The molecule has 0 radical (unpaired) electrons. The van der Waals surface area contributed by atoms with E-state index in [1.165, 1.54) is 0 Å². The number of esters is 1. The van der Waals surface area contributed by atoms with Crippen molar-refractivity contribution in [1.82, 2.24) is 0 Å². The Labute approximate surface area is 134 Å². The van der Waals surface area contributed by atoms with Gasteiger partial charge in [-0.25, -0.2) is 4.79 Å². The van der Waals surface area contributed by atoms with E-state index in [-0.39, 0.29) is 24.3 Å². The third-order valence-corrected chi connectivity index (χ3v) is 4.59. The highest BCUT2D eigenvalue weighted by Crippen LogP contribution is 2.57. The summed E-state index contributed by atoms with van der Waals surface area (Å²) in [5, 5.41) is 0. The zero-order valence-corrected chi connectivity index (χ0v) is 13.4. The van der Waals surface area contributed by atoms with E-state index in [0.29, 0.717) is 12.0 Å². The summed E-state index contributed by atoms with van der Waals surface area (Å²) in [5.74, 6) is -1.05. The van der Waals surface area contributed by atoms with Crippen LogP contribution in [0, 0.1) is 0 Å². The van der Waals surface area contributed by atoms with Crippen molar-refractivity contribution in [2.75, 3.05) is 7.11 Å². The molecule has 0 bridgehead atoms. The molecule has 1 aromatic carbocycles. The minimum Gasteiger partial charge on any atom is -0.455 e. The first-order valence-corrected chi connectivity index (χ1v) is 7.77. The maximum Gasteiger partial charge on any atom is 0.338 e. The molecule has 2 aliphatic heterocycles. The van der Waals surface area contributed by atoms with Crippen LogP contribution < -0.4 is 0 Å². The molecule has 1 saturated carbocycles. The van der Waals surface area contributed by atoms with E-state index in [2.05, 4.69) is 0 Å². The lowest BCUT2D eigenvalue weighted by molar-refractivity contribution is -0.236. The molecular weight excluding hydrogens is 300 g/mol. The lowest BCUT2D eigenvalue weighted by atomic mass is 10.1. The molecule has 0 N–H and O–H groups in total. The van der Waals surface area contributed by atoms with E-state index in [1.807, 2.05) is 19.9 Å². The number of methoxy groups -OCH3 is 1. The van der Waals surface area contributed by atoms with Gasteiger partial charge < -0.3 is 23.7 Å². The van der Waals surface area contributed by atoms with E-state index >= 15 is 0 Å². The van der Waals surface area contributed by atoms with Crippen LogP contribution in [0.1, 0.15) is 30.6 Å². The van der Waals surface area contributed by atoms with E-state index in [1.54, 1.807) is 31.4 Å². The minimum absolute atomic E-state index is 0.295. The highest BCUT2D eigenvalue weighted by molar-refractivity contribution is 5.89. The molecule has 4 rings (SSSR count). The van der Waals surface area contributed by atoms with Crippen molar-refractivity contribution in [1.29, 1.82) is 0 Å². The fourth-order valence-electron chi connectivity index (χ4n) is 3.47. The number of carbonyl (C=O) groups excluding carboxylic acids is 1. The number of fused-ring (bicyclic) bond motifs is 2. The van der Waals surface area contributed by atoms with Crippen molar-refractivity contribution in [2.24, 2.45) is 0 Å². The van der Waals surface area contributed by atoms with Crippen LogP contribution in [0.3, 0.4) is 0 Å². The topological polar surface area (TPSA) is 63.2 Å². The molecule has 2 saturated heterocycles. The molecule has 0 aromatic heterocycles. The monoisotopic (exact) mass is 320 g/mol. The van der Waals surface area contributed by atoms with Gasteiger partial charge in [0, 0.05) is 13.5 Å². The van der Waals surface area contributed by atoms with Gasteiger partial charge >= 0.3 is 5.97 Å². The van der Waals surface area contributed by atoms with Gasteiger partial charge in [0.25, 0.3) is 0 Å². The molecule has 1 spiro atoms. The number of carbonyl (C=O) groups is 1. The fourth-order valence-corrected chi connectivity index (χ4v) is 3.47. The van der Waals surface area contributed by atoms with Crippen LogP contribution in [0.15, 0.2) is 30.3 Å². The van der Waals surface area contributed by atoms with Crippen molar-refractivity contribution < 1.29 is 28.5 Å². The fraction of sp³-hybridized carbons (Fsp3) is 0.588. The van der Waals surface area contributed by atoms with Gasteiger partial charge in [-0.3, -0.25) is 0 Å². The summed E-state index contributed by atoms with van der Waals surface area (Å²) in [6.07, 6.45) is -0.875. The second-order valence-electron chi connectivity index (χ2n) is 6.66. The first kappa shape index (κ1) is 15.1. The molecule has 0 amide bonds. The van der Waals surface area contributed by atoms with Crippen molar-refractivity contribution in [3.05, 3.63) is 35.9 Å². The van der Waals surface area contributed by atoms with Crippen LogP contribution in [0.4, 0.5) is 0 Å². The SMILES string of the molecule is CO[C@@H]1O[C@]2(C[C@@H]2OC(=O)c2ccccc2)C2OC(C)(C)O[C@@H]21. The molecule has 2 heterocycles. The average Bonchev–Trinajstić information content (AvgIpc) is 3.00. The Morgan fingerprint density at radius 1 is 1.17 bits per heavy atom. The normalized spacial score (nSPS) is 40.1. The molecule has 1 aromatic rings. The largest absolute Gasteiger partial charge is 0.455 e. The Kier molecular flexibility index (Phi) is 3.29. The Morgan fingerprint density at radius 2 is 1.91 bits per heavy atom. The highest BCUT2D eigenvalue weighted by atomic mass is 16.8. The second kappa shape index (κ2) is 5.01. The summed E-state index contributed by atoms with van der Waals surface area (Å²) >= 11 is 0. The highest BCUT2D eigenvalue weighted by Gasteiger charge is 2.75. The Hall–Kier alpha value is -1.47. The first-order valence-electron chi connectivity index (χ1n) is 7.77. The predicted octanol–water partition coefficient (Wildman–Crippen LogP) is 1.88. The summed E-state index contributed by atoms with van der Waals surface area (Å²) in [5.41, 5.74) is -0.139. The van der Waals surface area contributed by atoms with Crippen LogP contribution in [0.5, 0.6) is 0 Å². The molecule has 23 heavy (non-hydrogen) atoms. The third-order valence-electron chi connectivity index (χ3n) is 4.59.